The third-order valence-electron chi connectivity index (χ3n) is 7.14. The minimum absolute atomic E-state index is 0.138. The minimum atomic E-state index is -1.20. The van der Waals surface area contributed by atoms with Crippen LogP contribution in [0, 0.1) is 23.4 Å². The molecule has 1 atom stereocenters. The molecule has 4 rings (SSSR count). The van der Waals surface area contributed by atoms with Crippen LogP contribution in [0.1, 0.15) is 60.9 Å². The summed E-state index contributed by atoms with van der Waals surface area (Å²) in [5, 5.41) is 9.77. The molecule has 38 heavy (non-hydrogen) atoms. The minimum Gasteiger partial charge on any atom is -0.490 e. The zero-order valence-electron chi connectivity index (χ0n) is 21.3. The molecule has 7 heteroatoms. The van der Waals surface area contributed by atoms with E-state index < -0.39 is 35.3 Å². The Morgan fingerprint density at radius 2 is 1.63 bits per heavy atom. The van der Waals surface area contributed by atoms with Crippen LogP contribution in [0.2, 0.25) is 0 Å². The highest BCUT2D eigenvalue weighted by atomic mass is 19.2. The maximum absolute atomic E-state index is 14.9. The second kappa shape index (κ2) is 12.3. The van der Waals surface area contributed by atoms with Gasteiger partial charge in [-0.15, -0.1) is 6.58 Å². The van der Waals surface area contributed by atoms with Crippen molar-refractivity contribution in [2.24, 2.45) is 5.92 Å². The molecule has 1 aliphatic carbocycles. The second-order valence-corrected chi connectivity index (χ2v) is 9.67. The Kier molecular flexibility index (Phi) is 8.89. The van der Waals surface area contributed by atoms with Gasteiger partial charge in [0.15, 0.2) is 23.1 Å². The summed E-state index contributed by atoms with van der Waals surface area (Å²) in [6, 6.07) is 13.5. The number of hydrogen-bond donors (Lipinski definition) is 1. The highest BCUT2D eigenvalue weighted by Crippen LogP contribution is 2.39. The van der Waals surface area contributed by atoms with E-state index >= 15 is 0 Å². The third kappa shape index (κ3) is 6.27. The Balaban J connectivity index is 1.41. The van der Waals surface area contributed by atoms with Crippen molar-refractivity contribution in [3.63, 3.8) is 0 Å². The number of aliphatic hydroxyl groups is 1. The van der Waals surface area contributed by atoms with Crippen LogP contribution in [0.5, 0.6) is 11.5 Å². The van der Waals surface area contributed by atoms with Crippen molar-refractivity contribution < 1.29 is 32.5 Å². The molecule has 0 radical (unpaired) electrons. The molecule has 1 N–H and O–H groups in total. The van der Waals surface area contributed by atoms with Crippen LogP contribution in [-0.4, -0.2) is 23.8 Å². The molecule has 1 unspecified atom stereocenters. The molecule has 200 valence electrons. The normalized spacial score (nSPS) is 18.0. The van der Waals surface area contributed by atoms with E-state index in [-0.39, 0.29) is 28.7 Å². The molecule has 0 spiro atoms. The van der Waals surface area contributed by atoms with E-state index in [0.717, 1.165) is 12.8 Å². The number of ether oxygens (including phenoxy) is 2. The largest absolute Gasteiger partial charge is 0.490 e. The van der Waals surface area contributed by atoms with Crippen LogP contribution in [0.25, 0.3) is 11.1 Å². The van der Waals surface area contributed by atoms with Gasteiger partial charge in [0, 0.05) is 0 Å². The molecule has 4 nitrogen and oxygen atoms in total. The lowest BCUT2D eigenvalue weighted by atomic mass is 9.77. The first-order valence-corrected chi connectivity index (χ1v) is 12.8. The lowest BCUT2D eigenvalue weighted by Crippen LogP contribution is -2.23. The van der Waals surface area contributed by atoms with E-state index in [1.54, 1.807) is 31.2 Å². The Morgan fingerprint density at radius 3 is 2.26 bits per heavy atom. The van der Waals surface area contributed by atoms with Crippen molar-refractivity contribution in [2.75, 3.05) is 6.61 Å². The number of rotatable bonds is 9. The highest BCUT2D eigenvalue weighted by Gasteiger charge is 2.29. The number of carbonyl (C=O) groups is 1. The zero-order valence-corrected chi connectivity index (χ0v) is 21.3. The van der Waals surface area contributed by atoms with Gasteiger partial charge in [-0.1, -0.05) is 30.3 Å². The maximum atomic E-state index is 14.9. The fourth-order valence-corrected chi connectivity index (χ4v) is 4.86. The Labute approximate surface area is 220 Å². The summed E-state index contributed by atoms with van der Waals surface area (Å²) in [6.07, 6.45) is 4.68. The smallest absolute Gasteiger partial charge is 0.343 e. The molecule has 1 aliphatic rings. The average Bonchev–Trinajstić information content (AvgIpc) is 2.92. The standard InChI is InChI=1S/C31H31F3O4/c1-3-4-17-37-27-15-13-24(18-26(27)32)21-7-11-23(12-8-21)31(36)38-28-16-14-25(29(33)30(28)34)22-9-5-20(6-10-22)19(2)35/h3,7-8,11-16,18-20,22,35H,1,4-6,9-10,17H2,2H3. The summed E-state index contributed by atoms with van der Waals surface area (Å²) in [4.78, 5) is 12.6. The molecule has 0 amide bonds. The summed E-state index contributed by atoms with van der Waals surface area (Å²) >= 11 is 0. The first-order chi connectivity index (χ1) is 18.3. The lowest BCUT2D eigenvalue weighted by molar-refractivity contribution is 0.0726. The molecule has 0 saturated heterocycles. The van der Waals surface area contributed by atoms with Gasteiger partial charge in [-0.2, -0.15) is 4.39 Å². The summed E-state index contributed by atoms with van der Waals surface area (Å²) in [6.45, 7) is 5.68. The Hall–Kier alpha value is -3.58. The van der Waals surface area contributed by atoms with Crippen LogP contribution in [0.15, 0.2) is 67.3 Å². The number of aliphatic hydroxyl groups excluding tert-OH is 1. The number of esters is 1. The summed E-state index contributed by atoms with van der Waals surface area (Å²) in [7, 11) is 0. The second-order valence-electron chi connectivity index (χ2n) is 9.67. The van der Waals surface area contributed by atoms with Gasteiger partial charge in [-0.25, -0.2) is 13.6 Å². The molecular weight excluding hydrogens is 493 g/mol. The first kappa shape index (κ1) is 27.5. The van der Waals surface area contributed by atoms with Gasteiger partial charge >= 0.3 is 5.97 Å². The predicted octanol–water partition coefficient (Wildman–Crippen LogP) is 7.60. The third-order valence-corrected chi connectivity index (χ3v) is 7.14. The molecule has 3 aromatic carbocycles. The van der Waals surface area contributed by atoms with Crippen molar-refractivity contribution in [2.45, 2.75) is 51.0 Å². The molecule has 0 heterocycles. The number of carbonyl (C=O) groups excluding carboxylic acids is 1. The predicted molar refractivity (Wildman–Crippen MR) is 140 cm³/mol. The Bertz CT molecular complexity index is 1280. The Morgan fingerprint density at radius 1 is 0.974 bits per heavy atom. The monoisotopic (exact) mass is 524 g/mol. The van der Waals surface area contributed by atoms with Gasteiger partial charge in [0.25, 0.3) is 0 Å². The van der Waals surface area contributed by atoms with Crippen molar-refractivity contribution in [3.8, 4) is 22.6 Å². The van der Waals surface area contributed by atoms with Crippen molar-refractivity contribution in [3.05, 3.63) is 95.8 Å². The topological polar surface area (TPSA) is 55.8 Å². The molecular formula is C31H31F3O4. The van der Waals surface area contributed by atoms with Crippen LogP contribution >= 0.6 is 0 Å². The molecule has 1 fully saturated rings. The van der Waals surface area contributed by atoms with Gasteiger partial charge in [0.05, 0.1) is 18.3 Å². The summed E-state index contributed by atoms with van der Waals surface area (Å²) in [5.74, 6) is -3.86. The van der Waals surface area contributed by atoms with Crippen molar-refractivity contribution >= 4 is 5.97 Å². The molecule has 0 aromatic heterocycles. The molecule has 0 aliphatic heterocycles. The van der Waals surface area contributed by atoms with Gasteiger partial charge < -0.3 is 14.6 Å². The van der Waals surface area contributed by atoms with Gasteiger partial charge in [-0.05, 0) is 97.9 Å². The highest BCUT2D eigenvalue weighted by molar-refractivity contribution is 5.91. The summed E-state index contributed by atoms with van der Waals surface area (Å²) < 4.78 is 54.6. The molecule has 3 aromatic rings. The number of halogens is 3. The SMILES string of the molecule is C=CCCOc1ccc(-c2ccc(C(=O)Oc3ccc(C4CCC(C(C)O)CC4)c(F)c3F)cc2)cc1F. The maximum Gasteiger partial charge on any atom is 0.343 e. The van der Waals surface area contributed by atoms with E-state index in [2.05, 4.69) is 6.58 Å². The number of hydrogen-bond acceptors (Lipinski definition) is 4. The lowest BCUT2D eigenvalue weighted by Gasteiger charge is -2.30. The number of benzene rings is 3. The quantitative estimate of drug-likeness (QED) is 0.136. The van der Waals surface area contributed by atoms with E-state index in [4.69, 9.17) is 9.47 Å². The fourth-order valence-electron chi connectivity index (χ4n) is 4.86. The van der Waals surface area contributed by atoms with E-state index in [9.17, 15) is 23.1 Å². The fraction of sp³-hybridized carbons (Fsp3) is 0.323. The average molecular weight is 525 g/mol. The first-order valence-electron chi connectivity index (χ1n) is 12.8. The van der Waals surface area contributed by atoms with E-state index in [0.29, 0.717) is 37.0 Å². The van der Waals surface area contributed by atoms with E-state index in [1.807, 2.05) is 0 Å². The van der Waals surface area contributed by atoms with Gasteiger partial charge in [0.1, 0.15) is 0 Å². The van der Waals surface area contributed by atoms with Crippen molar-refractivity contribution in [1.82, 2.24) is 0 Å². The van der Waals surface area contributed by atoms with E-state index in [1.165, 1.54) is 36.4 Å². The van der Waals surface area contributed by atoms with Crippen LogP contribution in [0.3, 0.4) is 0 Å². The summed E-state index contributed by atoms with van der Waals surface area (Å²) in [5.41, 5.74) is 1.65. The van der Waals surface area contributed by atoms with Crippen LogP contribution < -0.4 is 9.47 Å². The molecule has 0 bridgehead atoms. The zero-order chi connectivity index (χ0) is 27.2. The van der Waals surface area contributed by atoms with Crippen molar-refractivity contribution in [1.29, 1.82) is 0 Å². The van der Waals surface area contributed by atoms with Gasteiger partial charge in [0.2, 0.25) is 5.82 Å². The van der Waals surface area contributed by atoms with Gasteiger partial charge in [-0.3, -0.25) is 0 Å². The molecule has 1 saturated carbocycles. The van der Waals surface area contributed by atoms with Crippen LogP contribution in [-0.2, 0) is 0 Å². The van der Waals surface area contributed by atoms with Crippen LogP contribution in [0.4, 0.5) is 13.2 Å².